The molecule has 2 amide bonds. The Bertz CT molecular complexity index is 1610. The lowest BCUT2D eigenvalue weighted by Crippen LogP contribution is -2.35. The number of rotatable bonds is 6. The highest BCUT2D eigenvalue weighted by atomic mass is 32.1. The Hall–Kier alpha value is -4.54. The fourth-order valence-electron chi connectivity index (χ4n) is 4.68. The Morgan fingerprint density at radius 3 is 2.21 bits per heavy atom. The van der Waals surface area contributed by atoms with Crippen LogP contribution < -0.4 is 15.5 Å². The number of carbonyl (C=O) groups excluding carboxylic acids is 2. The van der Waals surface area contributed by atoms with Gasteiger partial charge in [0.1, 0.15) is 0 Å². The van der Waals surface area contributed by atoms with Gasteiger partial charge in [0, 0.05) is 52.6 Å². The number of fused-ring (bicyclic) bond motifs is 1. The predicted octanol–water partition coefficient (Wildman–Crippen LogP) is 4.95. The van der Waals surface area contributed by atoms with Crippen molar-refractivity contribution < 1.29 is 14.7 Å². The molecule has 196 valence electrons. The van der Waals surface area contributed by atoms with Gasteiger partial charge in [-0.2, -0.15) is 5.10 Å². The molecule has 0 radical (unpaired) electrons. The standard InChI is InChI=1S/C29H26N6O3S/c36-25-11-14-34(15-12-25)23-6-1-19(2-7-23)27(37)32-22-5-10-26-21(17-22)18-31-35(26)24-8-3-20(4-9-24)28(38)33-29-30-13-16-39-29/h1-10,13,16-18,25,36H,11-12,14-15H2,(H,32,37)(H,30,33,38). The summed E-state index contributed by atoms with van der Waals surface area (Å²) in [5, 5.41) is 23.2. The van der Waals surface area contributed by atoms with Gasteiger partial charge < -0.3 is 15.3 Å². The number of aromatic nitrogens is 3. The number of hydrogen-bond donors (Lipinski definition) is 3. The third-order valence-corrected chi connectivity index (χ3v) is 7.50. The van der Waals surface area contributed by atoms with E-state index < -0.39 is 0 Å². The molecule has 6 rings (SSSR count). The minimum Gasteiger partial charge on any atom is -0.393 e. The van der Waals surface area contributed by atoms with Gasteiger partial charge in [-0.05, 0) is 79.6 Å². The molecule has 2 aromatic heterocycles. The van der Waals surface area contributed by atoms with Crippen LogP contribution in [-0.2, 0) is 0 Å². The SMILES string of the molecule is O=C(Nc1ccc2c(cnn2-c2ccc(C(=O)Nc3nccs3)cc2)c1)c1ccc(N2CCC(O)CC2)cc1. The average molecular weight is 539 g/mol. The zero-order valence-electron chi connectivity index (χ0n) is 20.9. The summed E-state index contributed by atoms with van der Waals surface area (Å²) in [6, 6.07) is 20.4. The Labute approximate surface area is 228 Å². The van der Waals surface area contributed by atoms with E-state index in [4.69, 9.17) is 0 Å². The van der Waals surface area contributed by atoms with Crippen LogP contribution in [0.25, 0.3) is 16.6 Å². The number of benzene rings is 3. The molecule has 39 heavy (non-hydrogen) atoms. The number of aliphatic hydroxyl groups is 1. The number of nitrogens with zero attached hydrogens (tertiary/aromatic N) is 4. The van der Waals surface area contributed by atoms with Crippen molar-refractivity contribution in [1.29, 1.82) is 0 Å². The molecule has 3 heterocycles. The highest BCUT2D eigenvalue weighted by Gasteiger charge is 2.18. The second-order valence-electron chi connectivity index (χ2n) is 9.39. The lowest BCUT2D eigenvalue weighted by molar-refractivity contribution is 0.101. The van der Waals surface area contributed by atoms with Crippen LogP contribution >= 0.6 is 11.3 Å². The molecule has 0 unspecified atom stereocenters. The number of anilines is 3. The van der Waals surface area contributed by atoms with E-state index in [1.807, 2.05) is 54.6 Å². The van der Waals surface area contributed by atoms with Gasteiger partial charge in [0.2, 0.25) is 0 Å². The summed E-state index contributed by atoms with van der Waals surface area (Å²) in [5.41, 5.74) is 4.53. The fourth-order valence-corrected chi connectivity index (χ4v) is 5.20. The van der Waals surface area contributed by atoms with Crippen LogP contribution in [-0.4, -0.2) is 50.9 Å². The quantitative estimate of drug-likeness (QED) is 0.282. The lowest BCUT2D eigenvalue weighted by atomic mass is 10.1. The van der Waals surface area contributed by atoms with E-state index in [2.05, 4.69) is 25.6 Å². The van der Waals surface area contributed by atoms with Crippen molar-refractivity contribution in [1.82, 2.24) is 14.8 Å². The molecular weight excluding hydrogens is 512 g/mol. The van der Waals surface area contributed by atoms with Crippen LogP contribution in [0.3, 0.4) is 0 Å². The Morgan fingerprint density at radius 1 is 0.872 bits per heavy atom. The highest BCUT2D eigenvalue weighted by Crippen LogP contribution is 2.24. The first-order chi connectivity index (χ1) is 19.0. The molecule has 1 aliphatic heterocycles. The summed E-state index contributed by atoms with van der Waals surface area (Å²) >= 11 is 1.37. The molecule has 0 aliphatic carbocycles. The largest absolute Gasteiger partial charge is 0.393 e. The van der Waals surface area contributed by atoms with E-state index in [-0.39, 0.29) is 17.9 Å². The summed E-state index contributed by atoms with van der Waals surface area (Å²) in [7, 11) is 0. The molecule has 0 bridgehead atoms. The summed E-state index contributed by atoms with van der Waals surface area (Å²) < 4.78 is 1.79. The molecule has 1 aliphatic rings. The van der Waals surface area contributed by atoms with Crippen molar-refractivity contribution >= 4 is 50.6 Å². The number of nitrogens with one attached hydrogen (secondary N) is 2. The molecule has 0 atom stereocenters. The van der Waals surface area contributed by atoms with Crippen molar-refractivity contribution in [3.8, 4) is 5.69 Å². The Balaban J connectivity index is 1.12. The maximum absolute atomic E-state index is 12.9. The summed E-state index contributed by atoms with van der Waals surface area (Å²) in [5.74, 6) is -0.405. The third-order valence-electron chi connectivity index (χ3n) is 6.81. The number of thiazole rings is 1. The van der Waals surface area contributed by atoms with Crippen molar-refractivity contribution in [2.45, 2.75) is 18.9 Å². The van der Waals surface area contributed by atoms with Crippen LogP contribution in [0.2, 0.25) is 0 Å². The first-order valence-electron chi connectivity index (χ1n) is 12.7. The molecular formula is C29H26N6O3S. The number of aliphatic hydroxyl groups excluding tert-OH is 1. The van der Waals surface area contributed by atoms with Gasteiger partial charge in [0.15, 0.2) is 5.13 Å². The van der Waals surface area contributed by atoms with E-state index in [0.29, 0.717) is 21.9 Å². The average Bonchev–Trinajstić information content (AvgIpc) is 3.63. The molecule has 10 heteroatoms. The summed E-state index contributed by atoms with van der Waals surface area (Å²) in [6.45, 7) is 1.63. The first-order valence-corrected chi connectivity index (χ1v) is 13.5. The zero-order valence-corrected chi connectivity index (χ0v) is 21.8. The van der Waals surface area contributed by atoms with E-state index in [9.17, 15) is 14.7 Å². The lowest BCUT2D eigenvalue weighted by Gasteiger charge is -2.31. The van der Waals surface area contributed by atoms with E-state index in [0.717, 1.165) is 48.2 Å². The van der Waals surface area contributed by atoms with Gasteiger partial charge in [-0.1, -0.05) is 0 Å². The van der Waals surface area contributed by atoms with Crippen LogP contribution in [0.4, 0.5) is 16.5 Å². The monoisotopic (exact) mass is 538 g/mol. The first kappa shape index (κ1) is 24.8. The van der Waals surface area contributed by atoms with Crippen molar-refractivity contribution in [3.05, 3.63) is 95.6 Å². The fraction of sp³-hybridized carbons (Fsp3) is 0.172. The molecule has 1 fully saturated rings. The minimum absolute atomic E-state index is 0.186. The van der Waals surface area contributed by atoms with Crippen LogP contribution in [0.5, 0.6) is 0 Å². The summed E-state index contributed by atoms with van der Waals surface area (Å²) in [4.78, 5) is 31.6. The number of carbonyl (C=O) groups is 2. The Kier molecular flexibility index (Phi) is 6.78. The molecule has 0 saturated carbocycles. The molecule has 1 saturated heterocycles. The molecule has 0 spiro atoms. The molecule has 5 aromatic rings. The van der Waals surface area contributed by atoms with Crippen LogP contribution in [0, 0.1) is 0 Å². The van der Waals surface area contributed by atoms with E-state index in [1.165, 1.54) is 11.3 Å². The second-order valence-corrected chi connectivity index (χ2v) is 10.3. The highest BCUT2D eigenvalue weighted by molar-refractivity contribution is 7.13. The van der Waals surface area contributed by atoms with E-state index >= 15 is 0 Å². The zero-order chi connectivity index (χ0) is 26.8. The number of piperidine rings is 1. The van der Waals surface area contributed by atoms with Crippen LogP contribution in [0.15, 0.2) is 84.5 Å². The smallest absolute Gasteiger partial charge is 0.257 e. The molecule has 3 aromatic carbocycles. The normalized spacial score (nSPS) is 13.9. The van der Waals surface area contributed by atoms with Crippen LogP contribution in [0.1, 0.15) is 33.6 Å². The van der Waals surface area contributed by atoms with Gasteiger partial charge in [0.25, 0.3) is 11.8 Å². The number of hydrogen-bond acceptors (Lipinski definition) is 7. The van der Waals surface area contributed by atoms with Crippen molar-refractivity contribution in [2.75, 3.05) is 28.6 Å². The van der Waals surface area contributed by atoms with Gasteiger partial charge in [0.05, 0.1) is 23.5 Å². The summed E-state index contributed by atoms with van der Waals surface area (Å²) in [6.07, 6.45) is 4.70. The van der Waals surface area contributed by atoms with Gasteiger partial charge in [-0.3, -0.25) is 14.9 Å². The van der Waals surface area contributed by atoms with Crippen molar-refractivity contribution in [3.63, 3.8) is 0 Å². The molecule has 3 N–H and O–H groups in total. The van der Waals surface area contributed by atoms with Crippen molar-refractivity contribution in [2.24, 2.45) is 0 Å². The van der Waals surface area contributed by atoms with Gasteiger partial charge >= 0.3 is 0 Å². The molecule has 9 nitrogen and oxygen atoms in total. The Morgan fingerprint density at radius 2 is 1.54 bits per heavy atom. The second kappa shape index (κ2) is 10.7. The third kappa shape index (κ3) is 5.38. The number of amides is 2. The topological polar surface area (TPSA) is 112 Å². The van der Waals surface area contributed by atoms with Gasteiger partial charge in [-0.25, -0.2) is 9.67 Å². The minimum atomic E-state index is -0.219. The maximum Gasteiger partial charge on any atom is 0.257 e. The van der Waals surface area contributed by atoms with E-state index in [1.54, 1.807) is 34.6 Å². The predicted molar refractivity (Wildman–Crippen MR) is 153 cm³/mol. The van der Waals surface area contributed by atoms with Gasteiger partial charge in [-0.15, -0.1) is 11.3 Å². The maximum atomic E-state index is 12.9.